The van der Waals surface area contributed by atoms with E-state index in [4.69, 9.17) is 8.85 Å². The van der Waals surface area contributed by atoms with E-state index in [9.17, 15) is 0 Å². The van der Waals surface area contributed by atoms with E-state index in [0.717, 1.165) is 12.5 Å². The van der Waals surface area contributed by atoms with Gasteiger partial charge >= 0.3 is 9.28 Å². The molecule has 0 amide bonds. The summed E-state index contributed by atoms with van der Waals surface area (Å²) in [7, 11) is 2.12. The number of hydrogen-bond donors (Lipinski definition) is 0. The van der Waals surface area contributed by atoms with Crippen molar-refractivity contribution < 1.29 is 8.85 Å². The molecule has 0 N–H and O–H groups in total. The predicted molar refractivity (Wildman–Crippen MR) is 65.4 cm³/mol. The Morgan fingerprint density at radius 2 is 1.73 bits per heavy atom. The molecule has 0 bridgehead atoms. The van der Waals surface area contributed by atoms with Gasteiger partial charge in [-0.3, -0.25) is 0 Å². The summed E-state index contributed by atoms with van der Waals surface area (Å²) < 4.78 is 10.6. The molecule has 1 aromatic carbocycles. The third-order valence-electron chi connectivity index (χ3n) is 2.73. The lowest BCUT2D eigenvalue weighted by Gasteiger charge is -2.15. The summed E-state index contributed by atoms with van der Waals surface area (Å²) >= 11 is 0. The first kappa shape index (κ1) is 12.4. The summed E-state index contributed by atoms with van der Waals surface area (Å²) in [4.78, 5) is 0. The van der Waals surface area contributed by atoms with Crippen molar-refractivity contribution in [1.29, 1.82) is 0 Å². The Hall–Kier alpha value is -0.643. The minimum absolute atomic E-state index is 0.589. The summed E-state index contributed by atoms with van der Waals surface area (Å²) in [6.45, 7) is 2.26. The van der Waals surface area contributed by atoms with Crippen molar-refractivity contribution in [2.75, 3.05) is 14.2 Å². The SMILES string of the molecule is CO[SiH](CCC(C)c1ccccc1)OC. The van der Waals surface area contributed by atoms with E-state index >= 15 is 0 Å². The minimum Gasteiger partial charge on any atom is -0.400 e. The fourth-order valence-electron chi connectivity index (χ4n) is 1.67. The van der Waals surface area contributed by atoms with Crippen LogP contribution in [0.5, 0.6) is 0 Å². The molecule has 84 valence electrons. The summed E-state index contributed by atoms with van der Waals surface area (Å²) in [5.41, 5.74) is 1.40. The lowest BCUT2D eigenvalue weighted by atomic mass is 9.99. The second-order valence-electron chi connectivity index (χ2n) is 3.79. The highest BCUT2D eigenvalue weighted by molar-refractivity contribution is 6.44. The molecule has 0 radical (unpaired) electrons. The van der Waals surface area contributed by atoms with Gasteiger partial charge in [0.25, 0.3) is 0 Å². The first-order valence-corrected chi connectivity index (χ1v) is 7.14. The second-order valence-corrected chi connectivity index (χ2v) is 6.17. The molecule has 1 unspecified atom stereocenters. The van der Waals surface area contributed by atoms with Gasteiger partial charge in [0.1, 0.15) is 0 Å². The Kier molecular flexibility index (Phi) is 5.61. The minimum atomic E-state index is -1.37. The molecule has 0 aliphatic carbocycles. The van der Waals surface area contributed by atoms with Crippen LogP contribution in [-0.2, 0) is 8.85 Å². The van der Waals surface area contributed by atoms with Crippen LogP contribution in [0.3, 0.4) is 0 Å². The third kappa shape index (κ3) is 4.16. The van der Waals surface area contributed by atoms with E-state index in [0.29, 0.717) is 5.92 Å². The quantitative estimate of drug-likeness (QED) is 0.692. The van der Waals surface area contributed by atoms with Gasteiger partial charge in [-0.05, 0) is 23.9 Å². The molecule has 0 aliphatic heterocycles. The highest BCUT2D eigenvalue weighted by Gasteiger charge is 2.12. The molecular formula is C12H20O2Si. The molecule has 3 heteroatoms. The molecule has 0 aromatic heterocycles. The van der Waals surface area contributed by atoms with E-state index in [2.05, 4.69) is 37.3 Å². The predicted octanol–water partition coefficient (Wildman–Crippen LogP) is 2.69. The lowest BCUT2D eigenvalue weighted by molar-refractivity contribution is 0.275. The summed E-state index contributed by atoms with van der Waals surface area (Å²) in [5, 5.41) is 0. The second kappa shape index (κ2) is 6.77. The van der Waals surface area contributed by atoms with Gasteiger partial charge in [0, 0.05) is 14.2 Å². The Labute approximate surface area is 94.1 Å². The van der Waals surface area contributed by atoms with Crippen molar-refractivity contribution in [2.45, 2.75) is 25.3 Å². The van der Waals surface area contributed by atoms with Gasteiger partial charge in [-0.2, -0.15) is 0 Å². The van der Waals surface area contributed by atoms with Gasteiger partial charge in [-0.25, -0.2) is 0 Å². The Balaban J connectivity index is 2.39. The van der Waals surface area contributed by atoms with Crippen molar-refractivity contribution in [2.24, 2.45) is 0 Å². The van der Waals surface area contributed by atoms with Crippen LogP contribution in [0.25, 0.3) is 0 Å². The first-order valence-electron chi connectivity index (χ1n) is 5.38. The smallest absolute Gasteiger partial charge is 0.320 e. The van der Waals surface area contributed by atoms with Gasteiger partial charge in [-0.1, -0.05) is 37.3 Å². The van der Waals surface area contributed by atoms with E-state index in [-0.39, 0.29) is 0 Å². The van der Waals surface area contributed by atoms with Gasteiger partial charge in [-0.15, -0.1) is 0 Å². The van der Waals surface area contributed by atoms with Gasteiger partial charge in [0.05, 0.1) is 0 Å². The van der Waals surface area contributed by atoms with Crippen molar-refractivity contribution in [1.82, 2.24) is 0 Å². The van der Waals surface area contributed by atoms with Crippen molar-refractivity contribution in [3.05, 3.63) is 35.9 Å². The number of hydrogen-bond acceptors (Lipinski definition) is 2. The maximum Gasteiger partial charge on any atom is 0.320 e. The van der Waals surface area contributed by atoms with Crippen LogP contribution in [0.1, 0.15) is 24.8 Å². The number of rotatable bonds is 6. The number of benzene rings is 1. The molecule has 0 saturated carbocycles. The van der Waals surface area contributed by atoms with Crippen LogP contribution in [0.15, 0.2) is 30.3 Å². The van der Waals surface area contributed by atoms with Crippen molar-refractivity contribution in [3.63, 3.8) is 0 Å². The standard InChI is InChI=1S/C12H20O2Si/c1-11(9-10-15(13-2)14-3)12-7-5-4-6-8-12/h4-8,11,15H,9-10H2,1-3H3. The summed E-state index contributed by atoms with van der Waals surface area (Å²) in [6, 6.07) is 11.7. The fourth-order valence-corrected chi connectivity index (χ4v) is 3.10. The van der Waals surface area contributed by atoms with Gasteiger partial charge in [0.15, 0.2) is 0 Å². The fraction of sp³-hybridized carbons (Fsp3) is 0.500. The van der Waals surface area contributed by atoms with Crippen LogP contribution < -0.4 is 0 Å². The van der Waals surface area contributed by atoms with Crippen molar-refractivity contribution in [3.8, 4) is 0 Å². The van der Waals surface area contributed by atoms with E-state index in [1.165, 1.54) is 5.56 Å². The van der Waals surface area contributed by atoms with Crippen LogP contribution in [0.4, 0.5) is 0 Å². The Bertz CT molecular complexity index is 260. The Morgan fingerprint density at radius 3 is 2.27 bits per heavy atom. The van der Waals surface area contributed by atoms with Gasteiger partial charge < -0.3 is 8.85 Å². The molecule has 0 saturated heterocycles. The largest absolute Gasteiger partial charge is 0.400 e. The summed E-state index contributed by atoms with van der Waals surface area (Å²) in [5.74, 6) is 0.589. The van der Waals surface area contributed by atoms with Crippen LogP contribution >= 0.6 is 0 Å². The topological polar surface area (TPSA) is 18.5 Å². The first-order chi connectivity index (χ1) is 7.27. The molecule has 1 rings (SSSR count). The van der Waals surface area contributed by atoms with Crippen LogP contribution in [0.2, 0.25) is 6.04 Å². The molecule has 15 heavy (non-hydrogen) atoms. The monoisotopic (exact) mass is 224 g/mol. The maximum absolute atomic E-state index is 5.30. The lowest BCUT2D eigenvalue weighted by Crippen LogP contribution is -2.19. The van der Waals surface area contributed by atoms with Crippen molar-refractivity contribution >= 4 is 9.28 Å². The third-order valence-corrected chi connectivity index (χ3v) is 4.59. The van der Waals surface area contributed by atoms with E-state index in [1.807, 2.05) is 0 Å². The van der Waals surface area contributed by atoms with Crippen LogP contribution in [-0.4, -0.2) is 23.5 Å². The maximum atomic E-state index is 5.30. The highest BCUT2D eigenvalue weighted by atomic mass is 28.3. The molecule has 0 heterocycles. The molecule has 1 aromatic rings. The molecular weight excluding hydrogens is 204 g/mol. The average molecular weight is 224 g/mol. The van der Waals surface area contributed by atoms with E-state index < -0.39 is 9.28 Å². The molecule has 0 fully saturated rings. The zero-order valence-electron chi connectivity index (χ0n) is 9.77. The zero-order valence-corrected chi connectivity index (χ0v) is 10.9. The highest BCUT2D eigenvalue weighted by Crippen LogP contribution is 2.21. The normalized spacial score (nSPS) is 13.1. The molecule has 2 nitrogen and oxygen atoms in total. The average Bonchev–Trinajstić information content (AvgIpc) is 2.31. The molecule has 0 spiro atoms. The Morgan fingerprint density at radius 1 is 1.13 bits per heavy atom. The molecule has 0 aliphatic rings. The molecule has 1 atom stereocenters. The van der Waals surface area contributed by atoms with Gasteiger partial charge in [0.2, 0.25) is 0 Å². The van der Waals surface area contributed by atoms with Crippen LogP contribution in [0, 0.1) is 0 Å². The summed E-state index contributed by atoms with van der Waals surface area (Å²) in [6.07, 6.45) is 1.14. The van der Waals surface area contributed by atoms with E-state index in [1.54, 1.807) is 14.2 Å². The zero-order chi connectivity index (χ0) is 11.1.